The molecule has 0 unspecified atom stereocenters. The van der Waals surface area contributed by atoms with Crippen LogP contribution in [0.25, 0.3) is 0 Å². The van der Waals surface area contributed by atoms with Crippen molar-refractivity contribution >= 4 is 30.1 Å². The lowest BCUT2D eigenvalue weighted by Crippen LogP contribution is -2.45. The number of carbonyl (C=O) groups is 4. The molecule has 37 heavy (non-hydrogen) atoms. The van der Waals surface area contributed by atoms with Gasteiger partial charge in [-0.25, -0.2) is 29.1 Å². The molecule has 206 valence electrons. The van der Waals surface area contributed by atoms with Gasteiger partial charge in [0.15, 0.2) is 11.5 Å². The highest BCUT2D eigenvalue weighted by Gasteiger charge is 2.37. The first-order valence-corrected chi connectivity index (χ1v) is 12.1. The monoisotopic (exact) mass is 522 g/mol. The fraction of sp³-hybridized carbons (Fsp3) is 0.680. The van der Waals surface area contributed by atoms with Crippen LogP contribution in [0.5, 0.6) is 0 Å². The molecular formula is C25H38N4O8. The van der Waals surface area contributed by atoms with Gasteiger partial charge in [0, 0.05) is 19.0 Å². The summed E-state index contributed by atoms with van der Waals surface area (Å²) in [5.74, 6) is -2.17. The number of hydrogen-bond donors (Lipinski definition) is 1. The topological polar surface area (TPSA) is 148 Å². The van der Waals surface area contributed by atoms with E-state index in [0.29, 0.717) is 36.5 Å². The Morgan fingerprint density at radius 1 is 0.865 bits per heavy atom. The maximum Gasteiger partial charge on any atom is 0.425 e. The minimum absolute atomic E-state index is 0.185. The van der Waals surface area contributed by atoms with E-state index in [0.717, 1.165) is 0 Å². The SMILES string of the molecule is CC(C)(C)OC(=O)N1CCC(c2cnc(N(C(=O)OC(C)(C)C)C(=O)OC(C)(C)C)c(C(=O)O)n2)CC1. The maximum atomic E-state index is 12.9. The number of rotatable bonds is 3. The van der Waals surface area contributed by atoms with Gasteiger partial charge in [-0.2, -0.15) is 4.90 Å². The van der Waals surface area contributed by atoms with Gasteiger partial charge in [-0.15, -0.1) is 0 Å². The number of ether oxygens (including phenoxy) is 3. The number of likely N-dealkylation sites (tertiary alicyclic amines) is 1. The van der Waals surface area contributed by atoms with Crippen LogP contribution in [0.1, 0.15) is 97.3 Å². The molecule has 0 bridgehead atoms. The van der Waals surface area contributed by atoms with Crippen LogP contribution < -0.4 is 4.90 Å². The van der Waals surface area contributed by atoms with Crippen molar-refractivity contribution in [1.29, 1.82) is 0 Å². The Kier molecular flexibility index (Phi) is 8.77. The third kappa shape index (κ3) is 8.87. The Hall–Kier alpha value is -3.44. The highest BCUT2D eigenvalue weighted by Crippen LogP contribution is 2.30. The number of anilines is 1. The third-order valence-corrected chi connectivity index (χ3v) is 4.90. The van der Waals surface area contributed by atoms with Crippen molar-refractivity contribution in [3.05, 3.63) is 17.6 Å². The molecule has 1 saturated heterocycles. The molecule has 0 atom stereocenters. The normalized spacial score (nSPS) is 15.1. The summed E-state index contributed by atoms with van der Waals surface area (Å²) in [6, 6.07) is 0. The number of nitrogens with zero attached hydrogens (tertiary/aromatic N) is 4. The lowest BCUT2D eigenvalue weighted by Gasteiger charge is -2.33. The number of carbonyl (C=O) groups excluding carboxylic acids is 3. The van der Waals surface area contributed by atoms with E-state index in [1.54, 1.807) is 67.2 Å². The fourth-order valence-electron chi connectivity index (χ4n) is 3.45. The molecule has 0 saturated carbocycles. The van der Waals surface area contributed by atoms with Crippen molar-refractivity contribution < 1.29 is 38.5 Å². The maximum absolute atomic E-state index is 12.9. The Morgan fingerprint density at radius 2 is 1.32 bits per heavy atom. The molecular weight excluding hydrogens is 484 g/mol. The first-order valence-electron chi connectivity index (χ1n) is 12.1. The predicted molar refractivity (Wildman–Crippen MR) is 134 cm³/mol. The number of carboxylic acids is 1. The second-order valence-corrected chi connectivity index (χ2v) is 11.8. The van der Waals surface area contributed by atoms with Crippen molar-refractivity contribution in [2.24, 2.45) is 0 Å². The Morgan fingerprint density at radius 3 is 1.73 bits per heavy atom. The van der Waals surface area contributed by atoms with E-state index in [1.807, 2.05) is 0 Å². The lowest BCUT2D eigenvalue weighted by atomic mass is 9.94. The third-order valence-electron chi connectivity index (χ3n) is 4.90. The van der Waals surface area contributed by atoms with Crippen molar-refractivity contribution in [1.82, 2.24) is 14.9 Å². The molecule has 12 heteroatoms. The van der Waals surface area contributed by atoms with Crippen LogP contribution in [0.2, 0.25) is 0 Å². The van der Waals surface area contributed by atoms with Crippen LogP contribution in [0, 0.1) is 0 Å². The molecule has 0 aromatic carbocycles. The standard InChI is InChI=1S/C25H38N4O8/c1-23(2,3)35-20(32)28-12-10-15(11-13-28)16-14-26-18(17(27-16)19(30)31)29(21(33)36-24(4,5)6)22(34)37-25(7,8)9/h14-15H,10-13H2,1-9H3,(H,30,31). The summed E-state index contributed by atoms with van der Waals surface area (Å²) >= 11 is 0. The molecule has 1 aromatic heterocycles. The summed E-state index contributed by atoms with van der Waals surface area (Å²) < 4.78 is 16.0. The molecule has 12 nitrogen and oxygen atoms in total. The zero-order chi connectivity index (χ0) is 28.3. The summed E-state index contributed by atoms with van der Waals surface area (Å²) in [6.45, 7) is 15.8. The number of carboxylic acid groups (broad SMARTS) is 1. The Balaban J connectivity index is 2.36. The minimum atomic E-state index is -1.48. The molecule has 0 radical (unpaired) electrons. The largest absolute Gasteiger partial charge is 0.476 e. The van der Waals surface area contributed by atoms with E-state index in [1.165, 1.54) is 6.20 Å². The van der Waals surface area contributed by atoms with Crippen molar-refractivity contribution in [3.8, 4) is 0 Å². The number of hydrogen-bond acceptors (Lipinski definition) is 9. The van der Waals surface area contributed by atoms with Gasteiger partial charge in [0.25, 0.3) is 0 Å². The summed E-state index contributed by atoms with van der Waals surface area (Å²) in [4.78, 5) is 60.8. The fourth-order valence-corrected chi connectivity index (χ4v) is 3.45. The summed E-state index contributed by atoms with van der Waals surface area (Å²) in [5.41, 5.74) is -2.78. The lowest BCUT2D eigenvalue weighted by molar-refractivity contribution is 0.0203. The number of aromatic carboxylic acids is 1. The molecule has 1 aliphatic rings. The highest BCUT2D eigenvalue weighted by molar-refractivity contribution is 6.11. The molecule has 2 rings (SSSR count). The number of amides is 3. The van der Waals surface area contributed by atoms with Crippen molar-refractivity contribution in [2.75, 3.05) is 18.0 Å². The van der Waals surface area contributed by atoms with Crippen LogP contribution in [0.3, 0.4) is 0 Å². The first kappa shape index (κ1) is 29.8. The van der Waals surface area contributed by atoms with Gasteiger partial charge in [0.1, 0.15) is 16.8 Å². The molecule has 1 aliphatic heterocycles. The van der Waals surface area contributed by atoms with E-state index < -0.39 is 52.6 Å². The van der Waals surface area contributed by atoms with Gasteiger partial charge in [0.05, 0.1) is 11.9 Å². The summed E-state index contributed by atoms with van der Waals surface area (Å²) in [6.07, 6.45) is -0.349. The van der Waals surface area contributed by atoms with E-state index in [4.69, 9.17) is 14.2 Å². The average molecular weight is 523 g/mol. The molecule has 0 aliphatic carbocycles. The molecule has 1 N–H and O–H groups in total. The van der Waals surface area contributed by atoms with Gasteiger partial charge in [-0.05, 0) is 75.2 Å². The van der Waals surface area contributed by atoms with Gasteiger partial charge in [-0.1, -0.05) is 0 Å². The molecule has 0 spiro atoms. The van der Waals surface area contributed by atoms with Gasteiger partial charge in [-0.3, -0.25) is 0 Å². The van der Waals surface area contributed by atoms with Crippen LogP contribution in [0.4, 0.5) is 20.2 Å². The highest BCUT2D eigenvalue weighted by atomic mass is 16.6. The minimum Gasteiger partial charge on any atom is -0.476 e. The number of imide groups is 1. The smallest absolute Gasteiger partial charge is 0.425 e. The number of piperidine rings is 1. The van der Waals surface area contributed by atoms with E-state index in [-0.39, 0.29) is 5.92 Å². The zero-order valence-electron chi connectivity index (χ0n) is 23.1. The Bertz CT molecular complexity index is 1000. The second kappa shape index (κ2) is 10.9. The average Bonchev–Trinajstić information content (AvgIpc) is 2.70. The molecule has 3 amide bonds. The van der Waals surface area contributed by atoms with E-state index in [9.17, 15) is 24.3 Å². The quantitative estimate of drug-likeness (QED) is 0.539. The van der Waals surface area contributed by atoms with Crippen LogP contribution in [-0.2, 0) is 14.2 Å². The van der Waals surface area contributed by atoms with E-state index >= 15 is 0 Å². The van der Waals surface area contributed by atoms with Crippen LogP contribution in [0.15, 0.2) is 6.20 Å². The summed E-state index contributed by atoms with van der Waals surface area (Å²) in [7, 11) is 0. The molecule has 2 heterocycles. The van der Waals surface area contributed by atoms with Gasteiger partial charge in [0.2, 0.25) is 0 Å². The predicted octanol–water partition coefficient (Wildman–Crippen LogP) is 4.97. The van der Waals surface area contributed by atoms with Crippen molar-refractivity contribution in [3.63, 3.8) is 0 Å². The Labute approximate surface area is 217 Å². The summed E-state index contributed by atoms with van der Waals surface area (Å²) in [5, 5.41) is 9.89. The van der Waals surface area contributed by atoms with Crippen LogP contribution in [-0.4, -0.2) is 74.1 Å². The second-order valence-electron chi connectivity index (χ2n) is 11.8. The zero-order valence-corrected chi connectivity index (χ0v) is 23.1. The molecule has 1 fully saturated rings. The van der Waals surface area contributed by atoms with Gasteiger partial charge >= 0.3 is 24.2 Å². The molecule has 1 aromatic rings. The van der Waals surface area contributed by atoms with Crippen molar-refractivity contribution in [2.45, 2.75) is 97.9 Å². The van der Waals surface area contributed by atoms with Crippen LogP contribution >= 0.6 is 0 Å². The van der Waals surface area contributed by atoms with Gasteiger partial charge < -0.3 is 24.2 Å². The van der Waals surface area contributed by atoms with E-state index in [2.05, 4.69) is 9.97 Å². The first-order chi connectivity index (χ1) is 16.8. The number of aromatic nitrogens is 2.